The SMILES string of the molecule is O=C(NCCN1C(=O)c2ccccc2C1=O)c1cc(Cl)ccc1NS(=O)(=O)c1ccc(Oc2ccccc2Cl)cc1. The molecule has 9 nitrogen and oxygen atoms in total. The van der Waals surface area contributed by atoms with Crippen LogP contribution in [0.4, 0.5) is 5.69 Å². The molecule has 3 amide bonds. The maximum absolute atomic E-state index is 13.1. The number of nitrogens with one attached hydrogen (secondary N) is 2. The number of halogens is 2. The summed E-state index contributed by atoms with van der Waals surface area (Å²) in [6, 6.07) is 23.1. The van der Waals surface area contributed by atoms with Crippen molar-refractivity contribution in [1.82, 2.24) is 10.2 Å². The number of hydrogen-bond donors (Lipinski definition) is 2. The number of fused-ring (bicyclic) bond motifs is 1. The standard InChI is InChI=1S/C29H21Cl2N3O6S/c30-18-9-14-25(33-41(38,39)20-12-10-19(11-13-20)40-26-8-4-3-7-24(26)31)23(17-18)27(35)32-15-16-34-28(36)21-5-1-2-6-22(21)29(34)37/h1-14,17,33H,15-16H2,(H,32,35). The summed E-state index contributed by atoms with van der Waals surface area (Å²) in [4.78, 5) is 39.1. The van der Waals surface area contributed by atoms with Crippen molar-refractivity contribution in [2.45, 2.75) is 4.90 Å². The van der Waals surface area contributed by atoms with E-state index in [1.807, 2.05) is 0 Å². The molecule has 1 aliphatic rings. The first kappa shape index (κ1) is 28.2. The van der Waals surface area contributed by atoms with E-state index in [0.717, 1.165) is 4.90 Å². The first-order valence-corrected chi connectivity index (χ1v) is 14.5. The van der Waals surface area contributed by atoms with E-state index in [0.29, 0.717) is 27.6 Å². The molecule has 0 bridgehead atoms. The van der Waals surface area contributed by atoms with E-state index in [4.69, 9.17) is 27.9 Å². The lowest BCUT2D eigenvalue weighted by molar-refractivity contribution is 0.0650. The summed E-state index contributed by atoms with van der Waals surface area (Å²) >= 11 is 12.2. The molecule has 41 heavy (non-hydrogen) atoms. The molecule has 0 spiro atoms. The van der Waals surface area contributed by atoms with E-state index in [1.165, 1.54) is 42.5 Å². The highest BCUT2D eigenvalue weighted by Gasteiger charge is 2.34. The Hall–Kier alpha value is -4.38. The average molecular weight is 610 g/mol. The van der Waals surface area contributed by atoms with E-state index in [1.54, 1.807) is 48.5 Å². The van der Waals surface area contributed by atoms with Gasteiger partial charge in [-0.1, -0.05) is 47.5 Å². The Morgan fingerprint density at radius 2 is 1.46 bits per heavy atom. The molecule has 1 heterocycles. The third-order valence-corrected chi connectivity index (χ3v) is 8.10. The largest absolute Gasteiger partial charge is 0.456 e. The number of para-hydroxylation sites is 1. The molecule has 0 fully saturated rings. The molecule has 0 saturated carbocycles. The topological polar surface area (TPSA) is 122 Å². The summed E-state index contributed by atoms with van der Waals surface area (Å²) in [5.74, 6) is -0.742. The molecule has 1 aliphatic heterocycles. The van der Waals surface area contributed by atoms with Crippen molar-refractivity contribution in [3.8, 4) is 11.5 Å². The Balaban J connectivity index is 1.26. The van der Waals surface area contributed by atoms with Crippen LogP contribution in [0.5, 0.6) is 11.5 Å². The van der Waals surface area contributed by atoms with Crippen molar-refractivity contribution in [3.05, 3.63) is 118 Å². The molecule has 4 aromatic carbocycles. The molecule has 208 valence electrons. The molecule has 0 aliphatic carbocycles. The number of hydrogen-bond acceptors (Lipinski definition) is 6. The number of anilines is 1. The Morgan fingerprint density at radius 1 is 0.829 bits per heavy atom. The fourth-order valence-electron chi connectivity index (χ4n) is 4.16. The molecule has 0 aromatic heterocycles. The van der Waals surface area contributed by atoms with E-state index in [9.17, 15) is 22.8 Å². The normalized spacial score (nSPS) is 12.7. The van der Waals surface area contributed by atoms with Gasteiger partial charge in [-0.3, -0.25) is 24.0 Å². The van der Waals surface area contributed by atoms with Crippen LogP contribution in [0.25, 0.3) is 0 Å². The predicted octanol–water partition coefficient (Wildman–Crippen LogP) is 5.61. The van der Waals surface area contributed by atoms with Gasteiger partial charge in [-0.2, -0.15) is 0 Å². The molecule has 0 saturated heterocycles. The maximum atomic E-state index is 13.1. The Kier molecular flexibility index (Phi) is 7.98. The smallest absolute Gasteiger partial charge is 0.261 e. The van der Waals surface area contributed by atoms with Gasteiger partial charge in [0.1, 0.15) is 11.5 Å². The van der Waals surface area contributed by atoms with E-state index in [2.05, 4.69) is 10.0 Å². The van der Waals surface area contributed by atoms with Gasteiger partial charge in [0.05, 0.1) is 32.3 Å². The minimum Gasteiger partial charge on any atom is -0.456 e. The fourth-order valence-corrected chi connectivity index (χ4v) is 5.58. The predicted molar refractivity (Wildman–Crippen MR) is 154 cm³/mol. The average Bonchev–Trinajstić information content (AvgIpc) is 3.20. The van der Waals surface area contributed by atoms with Crippen molar-refractivity contribution in [3.63, 3.8) is 0 Å². The van der Waals surface area contributed by atoms with Crippen molar-refractivity contribution in [1.29, 1.82) is 0 Å². The summed E-state index contributed by atoms with van der Waals surface area (Å²) in [6.45, 7) is -0.127. The lowest BCUT2D eigenvalue weighted by atomic mass is 10.1. The molecule has 0 unspecified atom stereocenters. The van der Waals surface area contributed by atoms with Crippen LogP contribution >= 0.6 is 23.2 Å². The highest BCUT2D eigenvalue weighted by molar-refractivity contribution is 7.92. The van der Waals surface area contributed by atoms with E-state index < -0.39 is 27.7 Å². The summed E-state index contributed by atoms with van der Waals surface area (Å²) in [6.07, 6.45) is 0. The van der Waals surface area contributed by atoms with Crippen molar-refractivity contribution < 1.29 is 27.5 Å². The van der Waals surface area contributed by atoms with Gasteiger partial charge in [-0.15, -0.1) is 0 Å². The molecular formula is C29H21Cl2N3O6S. The summed E-state index contributed by atoms with van der Waals surface area (Å²) in [7, 11) is -4.11. The van der Waals surface area contributed by atoms with Crippen LogP contribution in [0, 0.1) is 0 Å². The number of imide groups is 1. The minimum atomic E-state index is -4.11. The van der Waals surface area contributed by atoms with Crippen LogP contribution in [-0.2, 0) is 10.0 Å². The lowest BCUT2D eigenvalue weighted by Gasteiger charge is -2.16. The van der Waals surface area contributed by atoms with Gasteiger partial charge in [0.25, 0.3) is 27.7 Å². The van der Waals surface area contributed by atoms with Gasteiger partial charge in [-0.05, 0) is 66.7 Å². The Labute approximate surface area is 245 Å². The molecule has 2 N–H and O–H groups in total. The summed E-state index contributed by atoms with van der Waals surface area (Å²) < 4.78 is 34.4. The number of rotatable bonds is 9. The van der Waals surface area contributed by atoms with Crippen LogP contribution in [0.15, 0.2) is 95.9 Å². The molecule has 0 radical (unpaired) electrons. The molecule has 12 heteroatoms. The number of nitrogens with zero attached hydrogens (tertiary/aromatic N) is 1. The van der Waals surface area contributed by atoms with Crippen LogP contribution < -0.4 is 14.8 Å². The highest BCUT2D eigenvalue weighted by atomic mass is 35.5. The fraction of sp³-hybridized carbons (Fsp3) is 0.0690. The molecule has 5 rings (SSSR count). The maximum Gasteiger partial charge on any atom is 0.261 e. The minimum absolute atomic E-state index is 0.0102. The van der Waals surface area contributed by atoms with Crippen LogP contribution in [0.3, 0.4) is 0 Å². The summed E-state index contributed by atoms with van der Waals surface area (Å²) in [5.41, 5.74) is 0.559. The number of carbonyl (C=O) groups excluding carboxylic acids is 3. The summed E-state index contributed by atoms with van der Waals surface area (Å²) in [5, 5.41) is 3.23. The number of carbonyl (C=O) groups is 3. The van der Waals surface area contributed by atoms with E-state index in [-0.39, 0.29) is 34.3 Å². The Bertz CT molecular complexity index is 1740. The number of ether oxygens (including phenoxy) is 1. The second-order valence-electron chi connectivity index (χ2n) is 8.86. The number of sulfonamides is 1. The second-order valence-corrected chi connectivity index (χ2v) is 11.4. The Morgan fingerprint density at radius 3 is 2.12 bits per heavy atom. The lowest BCUT2D eigenvalue weighted by Crippen LogP contribution is -2.38. The third-order valence-electron chi connectivity index (χ3n) is 6.17. The van der Waals surface area contributed by atoms with Crippen molar-refractivity contribution in [2.75, 3.05) is 17.8 Å². The van der Waals surface area contributed by atoms with Gasteiger partial charge in [-0.25, -0.2) is 8.42 Å². The van der Waals surface area contributed by atoms with E-state index >= 15 is 0 Å². The first-order chi connectivity index (χ1) is 19.6. The molecule has 0 atom stereocenters. The van der Waals surface area contributed by atoms with Crippen molar-refractivity contribution in [2.24, 2.45) is 0 Å². The zero-order chi connectivity index (χ0) is 29.1. The highest BCUT2D eigenvalue weighted by Crippen LogP contribution is 2.30. The van der Waals surface area contributed by atoms with Gasteiger partial charge in [0.2, 0.25) is 0 Å². The van der Waals surface area contributed by atoms with Gasteiger partial charge < -0.3 is 10.1 Å². The monoisotopic (exact) mass is 609 g/mol. The quantitative estimate of drug-likeness (QED) is 0.238. The second kappa shape index (κ2) is 11.6. The molecule has 4 aromatic rings. The third kappa shape index (κ3) is 6.04. The number of benzene rings is 4. The first-order valence-electron chi connectivity index (χ1n) is 12.2. The van der Waals surface area contributed by atoms with Gasteiger partial charge >= 0.3 is 0 Å². The number of amides is 3. The zero-order valence-corrected chi connectivity index (χ0v) is 23.5. The van der Waals surface area contributed by atoms with Crippen molar-refractivity contribution >= 4 is 56.6 Å². The zero-order valence-electron chi connectivity index (χ0n) is 21.1. The van der Waals surface area contributed by atoms with Gasteiger partial charge in [0, 0.05) is 18.1 Å². The van der Waals surface area contributed by atoms with Gasteiger partial charge in [0.15, 0.2) is 0 Å². The van der Waals surface area contributed by atoms with Crippen LogP contribution in [-0.4, -0.2) is 44.1 Å². The van der Waals surface area contributed by atoms with Crippen LogP contribution in [0.2, 0.25) is 10.0 Å². The molecular weight excluding hydrogens is 589 g/mol. The van der Waals surface area contributed by atoms with Crippen LogP contribution in [0.1, 0.15) is 31.1 Å².